The number of fused-ring (bicyclic) bond motifs is 1. The number of nitrogens with one attached hydrogen (secondary N) is 1. The molecule has 0 bridgehead atoms. The van der Waals surface area contributed by atoms with E-state index >= 15 is 0 Å². The molecule has 0 unspecified atom stereocenters. The predicted octanol–water partition coefficient (Wildman–Crippen LogP) is 3.91. The molecule has 2 heterocycles. The first-order valence-electron chi connectivity index (χ1n) is 9.05. The van der Waals surface area contributed by atoms with Gasteiger partial charge >= 0.3 is 6.18 Å². The van der Waals surface area contributed by atoms with Crippen molar-refractivity contribution < 1.29 is 35.2 Å². The summed E-state index contributed by atoms with van der Waals surface area (Å²) in [6, 6.07) is 0.402. The zero-order chi connectivity index (χ0) is 23.1. The summed E-state index contributed by atoms with van der Waals surface area (Å²) in [5.41, 5.74) is -0.341. The van der Waals surface area contributed by atoms with Crippen molar-refractivity contribution in [2.24, 2.45) is 7.05 Å². The maximum absolute atomic E-state index is 13.4. The third kappa shape index (κ3) is 4.35. The average molecular weight is 463 g/mol. The Labute approximate surface area is 175 Å². The van der Waals surface area contributed by atoms with Crippen LogP contribution in [0.2, 0.25) is 0 Å². The number of carbonyl (C=O) groups excluding carboxylic acids is 1. The molecule has 0 saturated carbocycles. The van der Waals surface area contributed by atoms with E-state index in [9.17, 15) is 35.2 Å². The highest BCUT2D eigenvalue weighted by molar-refractivity contribution is 7.89. The number of sulfonamides is 1. The van der Waals surface area contributed by atoms with E-state index in [1.165, 1.54) is 19.2 Å². The highest BCUT2D eigenvalue weighted by Crippen LogP contribution is 2.34. The fourth-order valence-corrected chi connectivity index (χ4v) is 5.11. The Morgan fingerprint density at radius 1 is 1.19 bits per heavy atom. The maximum atomic E-state index is 13.4. The van der Waals surface area contributed by atoms with E-state index in [2.05, 4.69) is 5.32 Å². The normalized spacial score (nSPS) is 17.5. The largest absolute Gasteiger partial charge is 0.404 e. The summed E-state index contributed by atoms with van der Waals surface area (Å²) in [4.78, 5) is 12.3. The Balaban J connectivity index is 2.06. The molecular weight excluding hydrogens is 445 g/mol. The Bertz CT molecular complexity index is 1160. The van der Waals surface area contributed by atoms with Gasteiger partial charge in [0.25, 0.3) is 5.91 Å². The molecule has 1 amide bonds. The van der Waals surface area contributed by atoms with E-state index in [1.54, 1.807) is 0 Å². The quantitative estimate of drug-likeness (QED) is 0.702. The van der Waals surface area contributed by atoms with Crippen molar-refractivity contribution in [1.29, 1.82) is 0 Å². The van der Waals surface area contributed by atoms with Gasteiger partial charge in [0.2, 0.25) is 10.0 Å². The minimum atomic E-state index is -4.78. The van der Waals surface area contributed by atoms with Gasteiger partial charge in [-0.15, -0.1) is 0 Å². The molecule has 3 rings (SSSR count). The Morgan fingerprint density at radius 3 is 2.48 bits per heavy atom. The highest BCUT2D eigenvalue weighted by atomic mass is 32.2. The molecule has 0 radical (unpaired) electrons. The number of rotatable bonds is 3. The van der Waals surface area contributed by atoms with Crippen LogP contribution in [0.1, 0.15) is 29.4 Å². The monoisotopic (exact) mass is 463 g/mol. The highest BCUT2D eigenvalue weighted by Gasteiger charge is 2.46. The van der Waals surface area contributed by atoms with E-state index in [1.807, 2.05) is 0 Å². The molecule has 2 aromatic rings. The fraction of sp³-hybridized carbons (Fsp3) is 0.316. The Morgan fingerprint density at radius 2 is 1.87 bits per heavy atom. The Kier molecular flexibility index (Phi) is 5.98. The first-order valence-corrected chi connectivity index (χ1v) is 10.5. The number of aromatic nitrogens is 1. The minimum absolute atomic E-state index is 0.00177. The van der Waals surface area contributed by atoms with Gasteiger partial charge < -0.3 is 9.88 Å². The van der Waals surface area contributed by atoms with Crippen molar-refractivity contribution in [2.45, 2.75) is 30.5 Å². The number of aryl methyl sites for hydroxylation is 1. The van der Waals surface area contributed by atoms with Crippen LogP contribution in [-0.2, 0) is 17.1 Å². The second-order valence-corrected chi connectivity index (χ2v) is 8.83. The zero-order valence-electron chi connectivity index (χ0n) is 16.4. The number of alkyl halides is 3. The van der Waals surface area contributed by atoms with E-state index in [0.29, 0.717) is 4.31 Å². The van der Waals surface area contributed by atoms with Gasteiger partial charge in [-0.1, -0.05) is 12.2 Å². The standard InChI is InChI=1S/C19H18F5N3O3S/c1-11(19(22,23)24)27-8-4-3-5-13-16(31(27,29)30)10-26(2)17(13)18(28)25-12-6-7-14(20)15(21)9-12/h3,5-7,9-11H,4,8H2,1-2H3,(H,25,28)/t11-/m1/s1. The number of hydrogen-bond donors (Lipinski definition) is 1. The summed E-state index contributed by atoms with van der Waals surface area (Å²) in [5.74, 6) is -3.15. The van der Waals surface area contributed by atoms with E-state index in [0.717, 1.165) is 35.9 Å². The molecule has 1 N–H and O–H groups in total. The SMILES string of the molecule is C[C@@H](N1CCC=Cc2c(cn(C)c2C(=O)Nc2ccc(F)c(F)c2)S1(=O)=O)C(F)(F)F. The second kappa shape index (κ2) is 8.08. The van der Waals surface area contributed by atoms with Gasteiger partial charge in [-0.2, -0.15) is 17.5 Å². The van der Waals surface area contributed by atoms with Gasteiger partial charge in [-0.25, -0.2) is 17.2 Å². The molecule has 1 aromatic heterocycles. The van der Waals surface area contributed by atoms with Crippen LogP contribution in [-0.4, -0.2) is 42.0 Å². The number of anilines is 1. The van der Waals surface area contributed by atoms with Gasteiger partial charge in [0.1, 0.15) is 16.6 Å². The van der Waals surface area contributed by atoms with Crippen LogP contribution < -0.4 is 5.32 Å². The molecule has 0 aliphatic carbocycles. The predicted molar refractivity (Wildman–Crippen MR) is 103 cm³/mol. The topological polar surface area (TPSA) is 71.4 Å². The van der Waals surface area contributed by atoms with Crippen LogP contribution in [0.4, 0.5) is 27.6 Å². The molecule has 6 nitrogen and oxygen atoms in total. The van der Waals surface area contributed by atoms with Crippen molar-refractivity contribution in [3.8, 4) is 0 Å². The maximum Gasteiger partial charge on any atom is 0.404 e. The summed E-state index contributed by atoms with van der Waals surface area (Å²) < 4.78 is 93.9. The number of halogens is 5. The van der Waals surface area contributed by atoms with Gasteiger partial charge in [-0.05, 0) is 25.5 Å². The first kappa shape index (κ1) is 22.9. The zero-order valence-corrected chi connectivity index (χ0v) is 17.2. The minimum Gasteiger partial charge on any atom is -0.345 e. The number of amides is 1. The van der Waals surface area contributed by atoms with Crippen LogP contribution in [0, 0.1) is 11.6 Å². The van der Waals surface area contributed by atoms with Crippen molar-refractivity contribution in [2.75, 3.05) is 11.9 Å². The van der Waals surface area contributed by atoms with Crippen molar-refractivity contribution in [1.82, 2.24) is 8.87 Å². The molecule has 1 aliphatic rings. The molecule has 1 aliphatic heterocycles. The molecule has 1 aromatic carbocycles. The molecule has 0 saturated heterocycles. The van der Waals surface area contributed by atoms with E-state index in [-0.39, 0.29) is 29.9 Å². The number of benzene rings is 1. The number of carbonyl (C=O) groups is 1. The lowest BCUT2D eigenvalue weighted by Gasteiger charge is -2.30. The number of nitrogens with zero attached hydrogens (tertiary/aromatic N) is 2. The van der Waals surface area contributed by atoms with Gasteiger partial charge in [0.05, 0.1) is 0 Å². The van der Waals surface area contributed by atoms with Crippen LogP contribution in [0.25, 0.3) is 6.08 Å². The molecule has 168 valence electrons. The second-order valence-electron chi connectivity index (χ2n) is 6.97. The summed E-state index contributed by atoms with van der Waals surface area (Å²) in [7, 11) is -3.24. The first-order chi connectivity index (χ1) is 14.3. The van der Waals surface area contributed by atoms with Gasteiger partial charge in [0.15, 0.2) is 11.6 Å². The third-order valence-electron chi connectivity index (χ3n) is 4.87. The van der Waals surface area contributed by atoms with Crippen LogP contribution in [0.3, 0.4) is 0 Å². The molecule has 1 atom stereocenters. The summed E-state index contributed by atoms with van der Waals surface area (Å²) >= 11 is 0. The third-order valence-corrected chi connectivity index (χ3v) is 6.87. The molecule has 0 spiro atoms. The van der Waals surface area contributed by atoms with Gasteiger partial charge in [-0.3, -0.25) is 4.79 Å². The average Bonchev–Trinajstić information content (AvgIpc) is 2.99. The van der Waals surface area contributed by atoms with Crippen LogP contribution in [0.15, 0.2) is 35.4 Å². The van der Waals surface area contributed by atoms with Crippen molar-refractivity contribution in [3.63, 3.8) is 0 Å². The van der Waals surface area contributed by atoms with Crippen LogP contribution >= 0.6 is 0 Å². The Hall–Kier alpha value is -2.73. The fourth-order valence-electron chi connectivity index (χ4n) is 3.24. The lowest BCUT2D eigenvalue weighted by atomic mass is 10.2. The van der Waals surface area contributed by atoms with Gasteiger partial charge in [0, 0.05) is 37.1 Å². The molecular formula is C19H18F5N3O3S. The summed E-state index contributed by atoms with van der Waals surface area (Å²) in [5, 5.41) is 2.34. The smallest absolute Gasteiger partial charge is 0.345 e. The molecule has 31 heavy (non-hydrogen) atoms. The van der Waals surface area contributed by atoms with Crippen molar-refractivity contribution >= 4 is 27.7 Å². The van der Waals surface area contributed by atoms with E-state index < -0.39 is 44.7 Å². The van der Waals surface area contributed by atoms with Crippen LogP contribution in [0.5, 0.6) is 0 Å². The molecule has 12 heteroatoms. The summed E-state index contributed by atoms with van der Waals surface area (Å²) in [6.07, 6.45) is -0.910. The lowest BCUT2D eigenvalue weighted by Crippen LogP contribution is -2.47. The summed E-state index contributed by atoms with van der Waals surface area (Å²) in [6.45, 7) is 0.367. The van der Waals surface area contributed by atoms with E-state index in [4.69, 9.17) is 0 Å². The lowest BCUT2D eigenvalue weighted by molar-refractivity contribution is -0.166. The number of hydrogen-bond acceptors (Lipinski definition) is 3. The van der Waals surface area contributed by atoms with Crippen molar-refractivity contribution in [3.05, 3.63) is 53.4 Å². The molecule has 0 fully saturated rings.